The van der Waals surface area contributed by atoms with Crippen molar-refractivity contribution >= 4 is 11.7 Å². The maximum Gasteiger partial charge on any atom is 0.321 e. The second-order valence-corrected chi connectivity index (χ2v) is 9.11. The lowest BCUT2D eigenvalue weighted by Crippen LogP contribution is -2.42. The molecule has 5 unspecified atom stereocenters. The second kappa shape index (κ2) is 9.00. The Balaban J connectivity index is 1.35. The van der Waals surface area contributed by atoms with Crippen LogP contribution < -0.4 is 10.1 Å². The van der Waals surface area contributed by atoms with E-state index in [4.69, 9.17) is 4.74 Å². The normalized spacial score (nSPS) is 26.2. The molecule has 2 aromatic rings. The number of anilines is 1. The average Bonchev–Trinajstić information content (AvgIpc) is 3.38. The summed E-state index contributed by atoms with van der Waals surface area (Å²) in [5.41, 5.74) is 1.78. The van der Waals surface area contributed by atoms with Crippen molar-refractivity contribution < 1.29 is 22.7 Å². The number of benzene rings is 1. The molecule has 32 heavy (non-hydrogen) atoms. The van der Waals surface area contributed by atoms with Gasteiger partial charge in [0.25, 0.3) is 0 Å². The van der Waals surface area contributed by atoms with Crippen molar-refractivity contribution in [2.24, 2.45) is 17.3 Å². The van der Waals surface area contributed by atoms with E-state index in [2.05, 4.69) is 17.2 Å². The molecular formula is C24H28F3N3O2. The highest BCUT2D eigenvalue weighted by Crippen LogP contribution is 2.68. The molecule has 1 saturated carbocycles. The van der Waals surface area contributed by atoms with Gasteiger partial charge in [-0.1, -0.05) is 26.0 Å². The summed E-state index contributed by atoms with van der Waals surface area (Å²) in [6.07, 6.45) is -0.678. The fraction of sp³-hybridized carbons (Fsp3) is 0.500. The number of nitrogens with one attached hydrogen (secondary N) is 1. The summed E-state index contributed by atoms with van der Waals surface area (Å²) in [4.78, 5) is 18.5. The highest BCUT2D eigenvalue weighted by Gasteiger charge is 2.63. The number of ether oxygens (including phenoxy) is 1. The van der Waals surface area contributed by atoms with Gasteiger partial charge < -0.3 is 15.0 Å². The average molecular weight is 448 g/mol. The minimum atomic E-state index is -2.56. The Labute approximate surface area is 186 Å². The molecule has 1 saturated heterocycles. The number of hydrogen-bond acceptors (Lipinski definition) is 3. The van der Waals surface area contributed by atoms with Crippen LogP contribution in [0.2, 0.25) is 0 Å². The van der Waals surface area contributed by atoms with Gasteiger partial charge in [0.15, 0.2) is 0 Å². The van der Waals surface area contributed by atoms with Crippen molar-refractivity contribution in [3.05, 3.63) is 54.4 Å². The Kier molecular flexibility index (Phi) is 6.31. The number of halogens is 3. The molecule has 4 rings (SSSR count). The Morgan fingerprint density at radius 3 is 2.69 bits per heavy atom. The van der Waals surface area contributed by atoms with Gasteiger partial charge in [-0.3, -0.25) is 4.98 Å². The quantitative estimate of drug-likeness (QED) is 0.592. The van der Waals surface area contributed by atoms with Crippen LogP contribution in [-0.4, -0.2) is 41.8 Å². The smallest absolute Gasteiger partial charge is 0.321 e. The first-order valence-electron chi connectivity index (χ1n) is 10.9. The van der Waals surface area contributed by atoms with Crippen LogP contribution in [0.25, 0.3) is 0 Å². The van der Waals surface area contributed by atoms with E-state index in [-0.39, 0.29) is 11.4 Å². The molecular weight excluding hydrogens is 419 g/mol. The predicted octanol–water partition coefficient (Wildman–Crippen LogP) is 5.70. The Bertz CT molecular complexity index is 928. The molecule has 2 aliphatic rings. The number of likely N-dealkylation sites (tertiary alicyclic amines) is 1. The number of aromatic nitrogens is 1. The summed E-state index contributed by atoms with van der Waals surface area (Å²) in [6.45, 7) is 4.96. The third-order valence-electron chi connectivity index (χ3n) is 6.78. The highest BCUT2D eigenvalue weighted by molar-refractivity contribution is 5.89. The standard InChI is InChI=1S/C24H28F3N3O2/c1-15(12-20(25)26)22(27)32-18-7-5-16(6-8-18)21-19-9-11-30(14-24(19,21)2)23(31)29-17-4-3-10-28-13-17/h3-8,10,13,15,19-22H,9,11-12,14H2,1-2H3,(H,29,31). The zero-order valence-corrected chi connectivity index (χ0v) is 18.2. The zero-order valence-electron chi connectivity index (χ0n) is 18.2. The molecule has 5 nitrogen and oxygen atoms in total. The van der Waals surface area contributed by atoms with Crippen LogP contribution in [0.3, 0.4) is 0 Å². The van der Waals surface area contributed by atoms with Gasteiger partial charge in [-0.2, -0.15) is 0 Å². The molecule has 0 spiro atoms. The summed E-state index contributed by atoms with van der Waals surface area (Å²) in [5.74, 6) is 0.237. The lowest BCUT2D eigenvalue weighted by molar-refractivity contribution is -0.00862. The predicted molar refractivity (Wildman–Crippen MR) is 116 cm³/mol. The number of carbonyl (C=O) groups excluding carboxylic acids is 1. The minimum Gasteiger partial charge on any atom is -0.460 e. The van der Waals surface area contributed by atoms with Gasteiger partial charge in [-0.25, -0.2) is 18.0 Å². The van der Waals surface area contributed by atoms with Crippen molar-refractivity contribution in [2.45, 2.75) is 45.4 Å². The van der Waals surface area contributed by atoms with E-state index in [1.165, 1.54) is 6.92 Å². The summed E-state index contributed by atoms with van der Waals surface area (Å²) in [6, 6.07) is 10.7. The van der Waals surface area contributed by atoms with E-state index in [9.17, 15) is 18.0 Å². The van der Waals surface area contributed by atoms with Gasteiger partial charge in [0.05, 0.1) is 11.9 Å². The first-order chi connectivity index (χ1) is 15.3. The van der Waals surface area contributed by atoms with E-state index in [1.54, 1.807) is 36.7 Å². The van der Waals surface area contributed by atoms with Crippen molar-refractivity contribution in [1.29, 1.82) is 0 Å². The molecule has 2 fully saturated rings. The van der Waals surface area contributed by atoms with Crippen LogP contribution in [0, 0.1) is 17.3 Å². The first kappa shape index (κ1) is 22.4. The van der Waals surface area contributed by atoms with Crippen LogP contribution >= 0.6 is 0 Å². The number of carbonyl (C=O) groups is 1. The largest absolute Gasteiger partial charge is 0.460 e. The van der Waals surface area contributed by atoms with E-state index < -0.39 is 25.1 Å². The number of rotatable bonds is 7. The molecule has 1 aromatic heterocycles. The molecule has 1 N–H and O–H groups in total. The number of piperidine rings is 1. The number of hydrogen-bond donors (Lipinski definition) is 1. The summed E-state index contributed by atoms with van der Waals surface area (Å²) >= 11 is 0. The van der Waals surface area contributed by atoms with E-state index in [0.717, 1.165) is 12.0 Å². The first-order valence-corrected chi connectivity index (χ1v) is 10.9. The van der Waals surface area contributed by atoms with Crippen LogP contribution in [0.4, 0.5) is 23.7 Å². The summed E-state index contributed by atoms with van der Waals surface area (Å²) in [5, 5.41) is 2.89. The highest BCUT2D eigenvalue weighted by atomic mass is 19.3. The third kappa shape index (κ3) is 4.69. The number of pyridine rings is 1. The van der Waals surface area contributed by atoms with Crippen LogP contribution in [0.1, 0.15) is 38.2 Å². The van der Waals surface area contributed by atoms with Crippen molar-refractivity contribution in [1.82, 2.24) is 9.88 Å². The van der Waals surface area contributed by atoms with Crippen LogP contribution in [0.15, 0.2) is 48.8 Å². The third-order valence-corrected chi connectivity index (χ3v) is 6.78. The zero-order chi connectivity index (χ0) is 22.9. The molecule has 1 aliphatic carbocycles. The van der Waals surface area contributed by atoms with Gasteiger partial charge in [0, 0.05) is 31.6 Å². The van der Waals surface area contributed by atoms with Gasteiger partial charge in [0.2, 0.25) is 12.8 Å². The maximum absolute atomic E-state index is 14.1. The topological polar surface area (TPSA) is 54.5 Å². The fourth-order valence-corrected chi connectivity index (χ4v) is 4.97. The Morgan fingerprint density at radius 1 is 1.28 bits per heavy atom. The van der Waals surface area contributed by atoms with Crippen LogP contribution in [-0.2, 0) is 0 Å². The molecule has 5 atom stereocenters. The molecule has 1 aromatic carbocycles. The van der Waals surface area contributed by atoms with Crippen molar-refractivity contribution in [3.63, 3.8) is 0 Å². The molecule has 2 heterocycles. The molecule has 1 aliphatic heterocycles. The SMILES string of the molecule is CC(CC(F)F)C(F)Oc1ccc(C2C3CCN(C(=O)Nc4cccnc4)CC32C)cc1. The number of nitrogens with zero attached hydrogens (tertiary/aromatic N) is 2. The van der Waals surface area contributed by atoms with E-state index >= 15 is 0 Å². The van der Waals surface area contributed by atoms with Crippen molar-refractivity contribution in [3.8, 4) is 5.75 Å². The monoisotopic (exact) mass is 447 g/mol. The minimum absolute atomic E-state index is 0.0126. The summed E-state index contributed by atoms with van der Waals surface area (Å²) < 4.78 is 44.2. The second-order valence-electron chi connectivity index (χ2n) is 9.11. The fourth-order valence-electron chi connectivity index (χ4n) is 4.97. The number of alkyl halides is 3. The molecule has 8 heteroatoms. The molecule has 2 amide bonds. The van der Waals surface area contributed by atoms with Gasteiger partial charge in [-0.05, 0) is 53.5 Å². The van der Waals surface area contributed by atoms with E-state index in [0.29, 0.717) is 36.4 Å². The number of fused-ring (bicyclic) bond motifs is 1. The Morgan fingerprint density at radius 2 is 2.03 bits per heavy atom. The van der Waals surface area contributed by atoms with Crippen LogP contribution in [0.5, 0.6) is 5.75 Å². The lowest BCUT2D eigenvalue weighted by Gasteiger charge is -2.31. The molecule has 0 radical (unpaired) electrons. The van der Waals surface area contributed by atoms with Gasteiger partial charge in [-0.15, -0.1) is 0 Å². The van der Waals surface area contributed by atoms with Gasteiger partial charge >= 0.3 is 6.03 Å². The Hall–Kier alpha value is -2.77. The number of amides is 2. The molecule has 0 bridgehead atoms. The van der Waals surface area contributed by atoms with Gasteiger partial charge in [0.1, 0.15) is 5.75 Å². The van der Waals surface area contributed by atoms with E-state index in [1.807, 2.05) is 17.0 Å². The van der Waals surface area contributed by atoms with Crippen molar-refractivity contribution in [2.75, 3.05) is 18.4 Å². The number of urea groups is 1. The lowest BCUT2D eigenvalue weighted by atomic mass is 9.98. The molecule has 172 valence electrons. The summed E-state index contributed by atoms with van der Waals surface area (Å²) in [7, 11) is 0. The maximum atomic E-state index is 14.1.